The van der Waals surface area contributed by atoms with Crippen LogP contribution < -0.4 is 15.5 Å². The Morgan fingerprint density at radius 1 is 1.32 bits per heavy atom. The topological polar surface area (TPSA) is 61.4 Å². The Balaban J connectivity index is 1.92. The van der Waals surface area contributed by atoms with Gasteiger partial charge in [-0.2, -0.15) is 0 Å². The first kappa shape index (κ1) is 16.8. The van der Waals surface area contributed by atoms with Crippen LogP contribution in [0.2, 0.25) is 0 Å². The molecule has 1 aromatic carbocycles. The van der Waals surface area contributed by atoms with E-state index in [1.807, 2.05) is 25.1 Å². The van der Waals surface area contributed by atoms with Crippen LogP contribution in [0.15, 0.2) is 24.3 Å². The number of amides is 2. The number of nitrogens with zero attached hydrogens (tertiary/aromatic N) is 1. The summed E-state index contributed by atoms with van der Waals surface area (Å²) in [7, 11) is -0.915. The van der Waals surface area contributed by atoms with E-state index in [0.717, 1.165) is 24.5 Å². The Bertz CT molecular complexity index is 530. The van der Waals surface area contributed by atoms with Gasteiger partial charge in [0, 0.05) is 53.3 Å². The number of piperidine rings is 1. The zero-order chi connectivity index (χ0) is 15.9. The molecule has 5 nitrogen and oxygen atoms in total. The van der Waals surface area contributed by atoms with Crippen molar-refractivity contribution in [1.29, 1.82) is 0 Å². The van der Waals surface area contributed by atoms with Crippen LogP contribution in [0.25, 0.3) is 0 Å². The van der Waals surface area contributed by atoms with E-state index in [-0.39, 0.29) is 12.1 Å². The molecule has 1 aliphatic rings. The molecule has 6 heteroatoms. The third kappa shape index (κ3) is 5.33. The van der Waals surface area contributed by atoms with Crippen molar-refractivity contribution in [1.82, 2.24) is 5.32 Å². The number of nitrogens with one attached hydrogen (secondary N) is 2. The molecule has 1 heterocycles. The smallest absolute Gasteiger partial charge is 0.319 e. The van der Waals surface area contributed by atoms with E-state index >= 15 is 0 Å². The normalized spacial score (nSPS) is 17.6. The van der Waals surface area contributed by atoms with Crippen LogP contribution in [0.4, 0.5) is 16.2 Å². The lowest BCUT2D eigenvalue weighted by atomic mass is 10.1. The minimum absolute atomic E-state index is 0.115. The van der Waals surface area contributed by atoms with Gasteiger partial charge in [0.2, 0.25) is 0 Å². The maximum atomic E-state index is 12.0. The first-order valence-electron chi connectivity index (χ1n) is 7.77. The molecule has 0 saturated carbocycles. The summed E-state index contributed by atoms with van der Waals surface area (Å²) < 4.78 is 11.1. The number of carbonyl (C=O) groups excluding carboxylic acids is 1. The average Bonchev–Trinajstić information content (AvgIpc) is 2.47. The molecule has 1 aromatic rings. The average molecular weight is 323 g/mol. The van der Waals surface area contributed by atoms with Crippen molar-refractivity contribution in [2.45, 2.75) is 32.2 Å². The fourth-order valence-corrected chi connectivity index (χ4v) is 3.50. The summed E-state index contributed by atoms with van der Waals surface area (Å²) in [5, 5.41) is 5.65. The van der Waals surface area contributed by atoms with Gasteiger partial charge in [-0.1, -0.05) is 6.07 Å². The SMILES string of the molecule is C[C@@H](C[S@](C)=O)NC(=O)Nc1cccc(N2CCCCC2)c1. The summed E-state index contributed by atoms with van der Waals surface area (Å²) in [4.78, 5) is 14.3. The number of rotatable bonds is 5. The highest BCUT2D eigenvalue weighted by atomic mass is 32.2. The fourth-order valence-electron chi connectivity index (χ4n) is 2.72. The highest BCUT2D eigenvalue weighted by molar-refractivity contribution is 7.84. The van der Waals surface area contributed by atoms with Crippen LogP contribution in [0.3, 0.4) is 0 Å². The van der Waals surface area contributed by atoms with Gasteiger partial charge in [0.25, 0.3) is 0 Å². The van der Waals surface area contributed by atoms with Crippen molar-refractivity contribution in [3.8, 4) is 0 Å². The van der Waals surface area contributed by atoms with Gasteiger partial charge in [-0.3, -0.25) is 4.21 Å². The molecule has 2 amide bonds. The number of hydrogen-bond acceptors (Lipinski definition) is 3. The summed E-state index contributed by atoms with van der Waals surface area (Å²) in [5.41, 5.74) is 1.94. The Hall–Kier alpha value is -1.56. The summed E-state index contributed by atoms with van der Waals surface area (Å²) >= 11 is 0. The Morgan fingerprint density at radius 2 is 2.05 bits per heavy atom. The summed E-state index contributed by atoms with van der Waals surface area (Å²) in [6.07, 6.45) is 5.39. The molecular formula is C16H25N3O2S. The van der Waals surface area contributed by atoms with Gasteiger partial charge in [0.05, 0.1) is 0 Å². The van der Waals surface area contributed by atoms with Crippen LogP contribution in [-0.4, -0.2) is 41.4 Å². The third-order valence-corrected chi connectivity index (χ3v) is 4.66. The molecule has 122 valence electrons. The fraction of sp³-hybridized carbons (Fsp3) is 0.562. The standard InChI is InChI=1S/C16H25N3O2S/c1-13(12-22(2)21)17-16(20)18-14-7-6-8-15(11-14)19-9-4-3-5-10-19/h6-8,11,13H,3-5,9-10,12H2,1-2H3,(H2,17,18,20)/t13-,22-/m0/s1. The second-order valence-corrected chi connectivity index (χ2v) is 7.32. The van der Waals surface area contributed by atoms with Gasteiger partial charge in [0.15, 0.2) is 0 Å². The molecule has 1 fully saturated rings. The lowest BCUT2D eigenvalue weighted by molar-refractivity contribution is 0.250. The van der Waals surface area contributed by atoms with Gasteiger partial charge in [-0.05, 0) is 44.4 Å². The van der Waals surface area contributed by atoms with Gasteiger partial charge in [-0.15, -0.1) is 0 Å². The van der Waals surface area contributed by atoms with E-state index < -0.39 is 10.8 Å². The monoisotopic (exact) mass is 323 g/mol. The van der Waals surface area contributed by atoms with E-state index in [1.165, 1.54) is 19.3 Å². The van der Waals surface area contributed by atoms with E-state index in [2.05, 4.69) is 21.6 Å². The molecule has 0 radical (unpaired) electrons. The Kier molecular flexibility index (Phi) is 6.24. The lowest BCUT2D eigenvalue weighted by Crippen LogP contribution is -2.39. The number of hydrogen-bond donors (Lipinski definition) is 2. The summed E-state index contributed by atoms with van der Waals surface area (Å²) in [6.45, 7) is 4.01. The van der Waals surface area contributed by atoms with Crippen molar-refractivity contribution in [2.75, 3.05) is 35.3 Å². The van der Waals surface area contributed by atoms with Crippen LogP contribution in [0, 0.1) is 0 Å². The van der Waals surface area contributed by atoms with Crippen molar-refractivity contribution >= 4 is 28.2 Å². The summed E-state index contributed by atoms with van der Waals surface area (Å²) in [5.74, 6) is 0.460. The molecule has 0 aromatic heterocycles. The predicted molar refractivity (Wildman–Crippen MR) is 93.1 cm³/mol. The van der Waals surface area contributed by atoms with Crippen molar-refractivity contribution in [2.24, 2.45) is 0 Å². The van der Waals surface area contributed by atoms with E-state index in [9.17, 15) is 9.00 Å². The molecule has 1 aliphatic heterocycles. The minimum Gasteiger partial charge on any atom is -0.371 e. The first-order chi connectivity index (χ1) is 10.5. The maximum absolute atomic E-state index is 12.0. The van der Waals surface area contributed by atoms with Crippen molar-refractivity contribution < 1.29 is 9.00 Å². The predicted octanol–water partition coefficient (Wildman–Crippen LogP) is 2.57. The van der Waals surface area contributed by atoms with Gasteiger partial charge in [-0.25, -0.2) is 4.79 Å². The van der Waals surface area contributed by atoms with Crippen LogP contribution >= 0.6 is 0 Å². The quantitative estimate of drug-likeness (QED) is 0.875. The number of carbonyl (C=O) groups is 1. The minimum atomic E-state index is -0.915. The molecule has 22 heavy (non-hydrogen) atoms. The Morgan fingerprint density at radius 3 is 2.73 bits per heavy atom. The molecule has 0 spiro atoms. The molecule has 0 aliphatic carbocycles. The molecule has 0 bridgehead atoms. The van der Waals surface area contributed by atoms with E-state index in [4.69, 9.17) is 0 Å². The lowest BCUT2D eigenvalue weighted by Gasteiger charge is -2.29. The number of benzene rings is 1. The van der Waals surface area contributed by atoms with Gasteiger partial charge in [0.1, 0.15) is 0 Å². The number of urea groups is 1. The third-order valence-electron chi connectivity index (χ3n) is 3.69. The Labute approximate surface area is 134 Å². The zero-order valence-corrected chi connectivity index (χ0v) is 14.1. The maximum Gasteiger partial charge on any atom is 0.319 e. The first-order valence-corrected chi connectivity index (χ1v) is 9.50. The van der Waals surface area contributed by atoms with E-state index in [1.54, 1.807) is 6.26 Å². The van der Waals surface area contributed by atoms with Crippen LogP contribution in [0.5, 0.6) is 0 Å². The number of anilines is 2. The van der Waals surface area contributed by atoms with Crippen LogP contribution in [0.1, 0.15) is 26.2 Å². The second kappa shape index (κ2) is 8.17. The largest absolute Gasteiger partial charge is 0.371 e. The highest BCUT2D eigenvalue weighted by Gasteiger charge is 2.12. The molecular weight excluding hydrogens is 298 g/mol. The van der Waals surface area contributed by atoms with Crippen molar-refractivity contribution in [3.63, 3.8) is 0 Å². The molecule has 2 atom stereocenters. The highest BCUT2D eigenvalue weighted by Crippen LogP contribution is 2.22. The van der Waals surface area contributed by atoms with Crippen molar-refractivity contribution in [3.05, 3.63) is 24.3 Å². The molecule has 2 rings (SSSR count). The zero-order valence-electron chi connectivity index (χ0n) is 13.3. The van der Waals surface area contributed by atoms with Gasteiger partial charge >= 0.3 is 6.03 Å². The summed E-state index contributed by atoms with van der Waals surface area (Å²) in [6, 6.07) is 7.56. The molecule has 1 saturated heterocycles. The van der Waals surface area contributed by atoms with E-state index in [0.29, 0.717) is 5.75 Å². The molecule has 0 unspecified atom stereocenters. The molecule has 2 N–H and O–H groups in total. The van der Waals surface area contributed by atoms with Gasteiger partial charge < -0.3 is 15.5 Å². The second-order valence-electron chi connectivity index (χ2n) is 5.84. The van der Waals surface area contributed by atoms with Crippen LogP contribution in [-0.2, 0) is 10.8 Å².